The van der Waals surface area contributed by atoms with Gasteiger partial charge in [0.1, 0.15) is 17.5 Å². The summed E-state index contributed by atoms with van der Waals surface area (Å²) in [6, 6.07) is 18.6. The number of halogens is 1. The van der Waals surface area contributed by atoms with Crippen LogP contribution in [0.4, 0.5) is 10.2 Å². The summed E-state index contributed by atoms with van der Waals surface area (Å²) in [6.07, 6.45) is 4.48. The summed E-state index contributed by atoms with van der Waals surface area (Å²) in [5, 5.41) is 18.6. The number of carboxylic acids is 1. The summed E-state index contributed by atoms with van der Waals surface area (Å²) >= 11 is 0. The van der Waals surface area contributed by atoms with E-state index in [2.05, 4.69) is 20.4 Å². The Morgan fingerprint density at radius 3 is 2.56 bits per heavy atom. The number of ether oxygens (including phenoxy) is 1. The van der Waals surface area contributed by atoms with Crippen molar-refractivity contribution in [2.75, 3.05) is 24.6 Å². The van der Waals surface area contributed by atoms with E-state index in [1.54, 1.807) is 30.3 Å². The van der Waals surface area contributed by atoms with Gasteiger partial charge in [0, 0.05) is 37.5 Å². The van der Waals surface area contributed by atoms with Gasteiger partial charge in [-0.15, -0.1) is 0 Å². The summed E-state index contributed by atoms with van der Waals surface area (Å²) in [4.78, 5) is 26.5. The van der Waals surface area contributed by atoms with Crippen LogP contribution in [-0.2, 0) is 30.7 Å². The van der Waals surface area contributed by atoms with Gasteiger partial charge in [0.2, 0.25) is 0 Å². The summed E-state index contributed by atoms with van der Waals surface area (Å²) in [6.45, 7) is 3.88. The molecule has 2 bridgehead atoms. The number of carbonyl (C=O) groups is 1. The molecule has 9 nitrogen and oxygen atoms in total. The van der Waals surface area contributed by atoms with E-state index in [9.17, 15) is 14.3 Å². The second-order valence-corrected chi connectivity index (χ2v) is 11.8. The Labute approximate surface area is 249 Å². The molecule has 5 heterocycles. The quantitative estimate of drug-likeness (QED) is 0.307. The van der Waals surface area contributed by atoms with E-state index in [4.69, 9.17) is 20.0 Å². The maximum atomic E-state index is 14.4. The number of nitrogens with zero attached hydrogens (tertiary/aromatic N) is 6. The van der Waals surface area contributed by atoms with Crippen molar-refractivity contribution in [2.45, 2.75) is 63.4 Å². The third-order valence-corrected chi connectivity index (χ3v) is 9.16. The number of carboxylic acid groups (broad SMARTS) is 1. The van der Waals surface area contributed by atoms with Crippen LogP contribution in [-0.4, -0.2) is 68.4 Å². The average Bonchev–Trinajstić information content (AvgIpc) is 3.44. The maximum Gasteiger partial charge on any atom is 0.335 e. The van der Waals surface area contributed by atoms with E-state index in [1.165, 1.54) is 6.07 Å². The fourth-order valence-corrected chi connectivity index (χ4v) is 6.73. The minimum Gasteiger partial charge on any atom is -0.478 e. The first-order valence-electron chi connectivity index (χ1n) is 14.9. The molecule has 43 heavy (non-hydrogen) atoms. The van der Waals surface area contributed by atoms with Gasteiger partial charge in [-0.05, 0) is 80.1 Å². The molecule has 0 radical (unpaired) electrons. The Bertz CT molecular complexity index is 1710. The van der Waals surface area contributed by atoms with Crippen molar-refractivity contribution in [2.24, 2.45) is 0 Å². The lowest BCUT2D eigenvalue weighted by atomic mass is 10.1. The zero-order valence-electron chi connectivity index (χ0n) is 23.8. The second-order valence-electron chi connectivity index (χ2n) is 11.8. The van der Waals surface area contributed by atoms with Crippen molar-refractivity contribution < 1.29 is 19.0 Å². The fraction of sp³-hybridized carbons (Fsp3) is 0.394. The number of aromatic carboxylic acids is 1. The monoisotopic (exact) mass is 580 g/mol. The molecule has 3 aliphatic heterocycles. The first-order chi connectivity index (χ1) is 20.9. The van der Waals surface area contributed by atoms with Gasteiger partial charge in [-0.25, -0.2) is 19.2 Å². The highest BCUT2D eigenvalue weighted by atomic mass is 19.1. The number of imidazole rings is 1. The van der Waals surface area contributed by atoms with Crippen molar-refractivity contribution >= 4 is 22.8 Å². The Hall–Kier alpha value is -4.33. The van der Waals surface area contributed by atoms with Crippen LogP contribution in [0.25, 0.3) is 11.0 Å². The smallest absolute Gasteiger partial charge is 0.335 e. The number of fused-ring (bicyclic) bond motifs is 3. The Kier molecular flexibility index (Phi) is 7.29. The molecule has 220 valence electrons. The highest BCUT2D eigenvalue weighted by Crippen LogP contribution is 2.34. The molecule has 3 saturated heterocycles. The highest BCUT2D eigenvalue weighted by molar-refractivity contribution is 5.92. The predicted octanol–water partition coefficient (Wildman–Crippen LogP) is 4.57. The molecule has 2 aromatic heterocycles. The first-order valence-corrected chi connectivity index (χ1v) is 14.9. The molecule has 4 aromatic rings. The third kappa shape index (κ3) is 5.46. The normalized spacial score (nSPS) is 21.6. The van der Waals surface area contributed by atoms with Crippen molar-refractivity contribution in [1.29, 1.82) is 5.26 Å². The number of pyridine rings is 1. The minimum absolute atomic E-state index is 0.130. The van der Waals surface area contributed by atoms with E-state index in [0.717, 1.165) is 67.3 Å². The van der Waals surface area contributed by atoms with Crippen molar-refractivity contribution in [1.82, 2.24) is 19.4 Å². The molecular formula is C33H33FN6O3. The van der Waals surface area contributed by atoms with Gasteiger partial charge < -0.3 is 19.3 Å². The molecule has 0 amide bonds. The Morgan fingerprint density at radius 2 is 1.86 bits per heavy atom. The van der Waals surface area contributed by atoms with Gasteiger partial charge in [-0.3, -0.25) is 4.90 Å². The van der Waals surface area contributed by atoms with E-state index in [-0.39, 0.29) is 17.5 Å². The lowest BCUT2D eigenvalue weighted by Gasteiger charge is -2.41. The standard InChI is InChI=1S/C33H33FN6O3/c34-28-14-21(16-35)4-5-22(28)6-8-24-2-1-3-31(36-24)38-17-25-9-10-26(18-38)39(25)20-32-37-29-11-7-23(33(41)42)15-30(29)40(32)19-27-12-13-43-27/h1-5,7,11,14-15,25-27H,6,8-10,12-13,17-20H2,(H,41,42)/t25?,26?,27-/m0/s1. The lowest BCUT2D eigenvalue weighted by Crippen LogP contribution is -2.53. The van der Waals surface area contributed by atoms with E-state index >= 15 is 0 Å². The molecule has 2 aromatic carbocycles. The van der Waals surface area contributed by atoms with Crippen LogP contribution in [0.2, 0.25) is 0 Å². The van der Waals surface area contributed by atoms with Crippen LogP contribution in [0, 0.1) is 17.1 Å². The number of hydrogen-bond donors (Lipinski definition) is 1. The summed E-state index contributed by atoms with van der Waals surface area (Å²) in [7, 11) is 0. The summed E-state index contributed by atoms with van der Waals surface area (Å²) < 4.78 is 22.3. The topological polar surface area (TPSA) is 108 Å². The molecule has 1 N–H and O–H groups in total. The molecular weight excluding hydrogens is 547 g/mol. The fourth-order valence-electron chi connectivity index (χ4n) is 6.73. The molecule has 10 heteroatoms. The summed E-state index contributed by atoms with van der Waals surface area (Å²) in [5.74, 6) is 0.613. The van der Waals surface area contributed by atoms with E-state index in [1.807, 2.05) is 18.2 Å². The van der Waals surface area contributed by atoms with Crippen LogP contribution in [0.3, 0.4) is 0 Å². The van der Waals surface area contributed by atoms with Crippen LogP contribution >= 0.6 is 0 Å². The Morgan fingerprint density at radius 1 is 1.05 bits per heavy atom. The van der Waals surface area contributed by atoms with Gasteiger partial charge >= 0.3 is 5.97 Å². The number of anilines is 1. The highest BCUT2D eigenvalue weighted by Gasteiger charge is 2.41. The molecule has 2 unspecified atom stereocenters. The second kappa shape index (κ2) is 11.4. The number of piperazine rings is 1. The molecule has 7 rings (SSSR count). The largest absolute Gasteiger partial charge is 0.478 e. The SMILES string of the molecule is N#Cc1ccc(CCc2cccc(N3CC4CCC(C3)N4Cc3nc4ccc(C(=O)O)cc4n3C[C@@H]3CCO3)n2)c(F)c1. The van der Waals surface area contributed by atoms with Crippen LogP contribution in [0.5, 0.6) is 0 Å². The van der Waals surface area contributed by atoms with Gasteiger partial charge in [0.15, 0.2) is 0 Å². The van der Waals surface area contributed by atoms with Gasteiger partial charge in [0.25, 0.3) is 0 Å². The van der Waals surface area contributed by atoms with Crippen molar-refractivity contribution in [3.63, 3.8) is 0 Å². The lowest BCUT2D eigenvalue weighted by molar-refractivity contribution is -0.0592. The van der Waals surface area contributed by atoms with Crippen LogP contribution in [0.1, 0.15) is 52.3 Å². The number of hydrogen-bond acceptors (Lipinski definition) is 7. The number of rotatable bonds is 9. The predicted molar refractivity (Wildman–Crippen MR) is 158 cm³/mol. The zero-order chi connectivity index (χ0) is 29.5. The van der Waals surface area contributed by atoms with Gasteiger partial charge in [-0.2, -0.15) is 5.26 Å². The zero-order valence-corrected chi connectivity index (χ0v) is 23.8. The number of benzene rings is 2. The first kappa shape index (κ1) is 27.5. The summed E-state index contributed by atoms with van der Waals surface area (Å²) in [5.41, 5.74) is 3.76. The molecule has 3 aliphatic rings. The maximum absolute atomic E-state index is 14.4. The number of nitriles is 1. The van der Waals surface area contributed by atoms with Crippen LogP contribution in [0.15, 0.2) is 54.6 Å². The Balaban J connectivity index is 1.06. The van der Waals surface area contributed by atoms with E-state index in [0.29, 0.717) is 49.1 Å². The van der Waals surface area contributed by atoms with Gasteiger partial charge in [-0.1, -0.05) is 12.1 Å². The molecule has 0 saturated carbocycles. The van der Waals surface area contributed by atoms with Gasteiger partial charge in [0.05, 0.1) is 47.4 Å². The van der Waals surface area contributed by atoms with Crippen molar-refractivity contribution in [3.05, 3.63) is 88.6 Å². The molecule has 3 fully saturated rings. The van der Waals surface area contributed by atoms with Crippen LogP contribution < -0.4 is 4.90 Å². The molecule has 3 atom stereocenters. The third-order valence-electron chi connectivity index (χ3n) is 9.16. The average molecular weight is 581 g/mol. The number of aromatic nitrogens is 3. The molecule has 0 spiro atoms. The number of aryl methyl sites for hydroxylation is 2. The molecule has 0 aliphatic carbocycles. The van der Waals surface area contributed by atoms with Crippen molar-refractivity contribution in [3.8, 4) is 6.07 Å². The minimum atomic E-state index is -0.940. The van der Waals surface area contributed by atoms with E-state index < -0.39 is 5.97 Å².